The molecule has 0 fully saturated rings. The Morgan fingerprint density at radius 3 is 2.61 bits per heavy atom. The van der Waals surface area contributed by atoms with E-state index in [-0.39, 0.29) is 11.6 Å². The van der Waals surface area contributed by atoms with E-state index in [4.69, 9.17) is 0 Å². The predicted octanol–water partition coefficient (Wildman–Crippen LogP) is 3.85. The minimum absolute atomic E-state index is 0.114. The zero-order valence-corrected chi connectivity index (χ0v) is 15.9. The number of nitrogens with zero attached hydrogens (tertiary/aromatic N) is 3. The van der Waals surface area contributed by atoms with Crippen molar-refractivity contribution in [2.75, 3.05) is 5.32 Å². The molecule has 3 rings (SSSR count). The van der Waals surface area contributed by atoms with Gasteiger partial charge in [0, 0.05) is 23.2 Å². The van der Waals surface area contributed by atoms with Gasteiger partial charge in [0.1, 0.15) is 11.5 Å². The number of fused-ring (bicyclic) bond motifs is 1. The summed E-state index contributed by atoms with van der Waals surface area (Å²) in [7, 11) is 0. The fraction of sp³-hybridized carbons (Fsp3) is 0.368. The minimum Gasteiger partial charge on any atom is -0.481 e. The molecule has 3 aromatic rings. The van der Waals surface area contributed by atoms with Crippen molar-refractivity contribution in [1.82, 2.24) is 19.9 Å². The molecule has 0 aliphatic heterocycles. The molecular formula is C19H21F2N5O2. The third-order valence-electron chi connectivity index (χ3n) is 4.60. The topological polar surface area (TPSA) is 104 Å². The van der Waals surface area contributed by atoms with Crippen LogP contribution in [0.2, 0.25) is 0 Å². The van der Waals surface area contributed by atoms with Gasteiger partial charge in [-0.1, -0.05) is 20.8 Å². The lowest BCUT2D eigenvalue weighted by atomic mass is 9.79. The molecule has 0 saturated heterocycles. The van der Waals surface area contributed by atoms with Gasteiger partial charge in [0.2, 0.25) is 0 Å². The van der Waals surface area contributed by atoms with Gasteiger partial charge in [0.25, 0.3) is 0 Å². The molecule has 3 N–H and O–H groups in total. The zero-order chi connectivity index (χ0) is 20.6. The van der Waals surface area contributed by atoms with Gasteiger partial charge < -0.3 is 15.4 Å². The highest BCUT2D eigenvalue weighted by molar-refractivity contribution is 5.91. The van der Waals surface area contributed by atoms with Crippen LogP contribution >= 0.6 is 0 Å². The van der Waals surface area contributed by atoms with Gasteiger partial charge >= 0.3 is 5.97 Å². The number of aromatic nitrogens is 4. The number of carboxylic acids is 1. The van der Waals surface area contributed by atoms with Crippen molar-refractivity contribution < 1.29 is 18.7 Å². The molecule has 7 nitrogen and oxygen atoms in total. The van der Waals surface area contributed by atoms with E-state index in [1.165, 1.54) is 6.07 Å². The number of carboxylic acid groups (broad SMARTS) is 1. The SMILES string of the molecule is CC(C(=O)O)[C@@H](Nc1nc(-c2c[nH]c3ncc(F)cc23)ncc1F)C(C)(C)C. The number of hydrogen-bond acceptors (Lipinski definition) is 5. The highest BCUT2D eigenvalue weighted by atomic mass is 19.1. The Kier molecular flexibility index (Phi) is 5.01. The Hall–Kier alpha value is -3.10. The number of aliphatic carboxylic acids is 1. The summed E-state index contributed by atoms with van der Waals surface area (Å²) in [6, 6.07) is 0.697. The number of halogens is 2. The molecule has 0 aliphatic carbocycles. The predicted molar refractivity (Wildman–Crippen MR) is 101 cm³/mol. The van der Waals surface area contributed by atoms with Gasteiger partial charge in [0.15, 0.2) is 17.5 Å². The highest BCUT2D eigenvalue weighted by Crippen LogP contribution is 2.31. The Morgan fingerprint density at radius 2 is 1.96 bits per heavy atom. The second kappa shape index (κ2) is 7.14. The average Bonchev–Trinajstić information content (AvgIpc) is 3.02. The number of rotatable bonds is 5. The fourth-order valence-corrected chi connectivity index (χ4v) is 3.14. The van der Waals surface area contributed by atoms with Crippen molar-refractivity contribution in [3.8, 4) is 11.4 Å². The van der Waals surface area contributed by atoms with E-state index in [0.717, 1.165) is 12.4 Å². The van der Waals surface area contributed by atoms with Crippen LogP contribution in [0.4, 0.5) is 14.6 Å². The summed E-state index contributed by atoms with van der Waals surface area (Å²) >= 11 is 0. The molecule has 0 amide bonds. The first-order valence-electron chi connectivity index (χ1n) is 8.73. The van der Waals surface area contributed by atoms with E-state index in [0.29, 0.717) is 16.6 Å². The molecule has 0 spiro atoms. The smallest absolute Gasteiger partial charge is 0.308 e. The average molecular weight is 389 g/mol. The van der Waals surface area contributed by atoms with Gasteiger partial charge in [-0.2, -0.15) is 0 Å². The second-order valence-corrected chi connectivity index (χ2v) is 7.76. The normalized spacial score (nSPS) is 14.1. The molecule has 0 bridgehead atoms. The van der Waals surface area contributed by atoms with Crippen molar-refractivity contribution >= 4 is 22.8 Å². The number of hydrogen-bond donors (Lipinski definition) is 3. The maximum Gasteiger partial charge on any atom is 0.308 e. The summed E-state index contributed by atoms with van der Waals surface area (Å²) in [6.45, 7) is 7.13. The molecule has 0 radical (unpaired) electrons. The number of anilines is 1. The third kappa shape index (κ3) is 3.78. The third-order valence-corrected chi connectivity index (χ3v) is 4.60. The van der Waals surface area contributed by atoms with Crippen LogP contribution in [0.15, 0.2) is 24.7 Å². The maximum absolute atomic E-state index is 14.4. The summed E-state index contributed by atoms with van der Waals surface area (Å²) in [5, 5.41) is 12.8. The summed E-state index contributed by atoms with van der Waals surface area (Å²) in [6.07, 6.45) is 3.65. The molecule has 0 aliphatic rings. The molecule has 3 aromatic heterocycles. The molecule has 28 heavy (non-hydrogen) atoms. The van der Waals surface area contributed by atoms with Gasteiger partial charge in [0.05, 0.1) is 18.3 Å². The van der Waals surface area contributed by atoms with E-state index < -0.39 is 35.0 Å². The molecule has 3 heterocycles. The van der Waals surface area contributed by atoms with E-state index in [1.807, 2.05) is 20.8 Å². The lowest BCUT2D eigenvalue weighted by molar-refractivity contribution is -0.142. The summed E-state index contributed by atoms with van der Waals surface area (Å²) in [5.74, 6) is -2.96. The van der Waals surface area contributed by atoms with Crippen LogP contribution in [0, 0.1) is 23.0 Å². The maximum atomic E-state index is 14.4. The number of nitrogens with one attached hydrogen (secondary N) is 2. The molecule has 1 unspecified atom stereocenters. The van der Waals surface area contributed by atoms with Crippen LogP contribution in [0.5, 0.6) is 0 Å². The van der Waals surface area contributed by atoms with Crippen LogP contribution in [0.1, 0.15) is 27.7 Å². The van der Waals surface area contributed by atoms with E-state index in [2.05, 4.69) is 25.3 Å². The van der Waals surface area contributed by atoms with Gasteiger partial charge in [-0.3, -0.25) is 4.79 Å². The lowest BCUT2D eigenvalue weighted by Gasteiger charge is -2.34. The van der Waals surface area contributed by atoms with Gasteiger partial charge in [-0.05, 0) is 18.4 Å². The number of pyridine rings is 1. The summed E-state index contributed by atoms with van der Waals surface area (Å²) in [5.41, 5.74) is 0.429. The summed E-state index contributed by atoms with van der Waals surface area (Å²) in [4.78, 5) is 26.6. The van der Waals surface area contributed by atoms with Gasteiger partial charge in [-0.15, -0.1) is 0 Å². The van der Waals surface area contributed by atoms with E-state index >= 15 is 0 Å². The number of aromatic amines is 1. The van der Waals surface area contributed by atoms with Crippen molar-refractivity contribution in [2.45, 2.75) is 33.7 Å². The second-order valence-electron chi connectivity index (χ2n) is 7.76. The van der Waals surface area contributed by atoms with Crippen LogP contribution < -0.4 is 5.32 Å². The summed E-state index contributed by atoms with van der Waals surface area (Å²) < 4.78 is 28.0. The minimum atomic E-state index is -1.000. The Balaban J connectivity index is 2.03. The molecule has 9 heteroatoms. The van der Waals surface area contributed by atoms with Gasteiger partial charge in [-0.25, -0.2) is 23.7 Å². The Morgan fingerprint density at radius 1 is 1.25 bits per heavy atom. The first-order chi connectivity index (χ1) is 13.1. The molecular weight excluding hydrogens is 368 g/mol. The standard InChI is InChI=1S/C19H21F2N5O2/c1-9(18(27)28)14(19(2,3)4)25-17-13(21)8-24-16(26-17)12-7-23-15-11(12)5-10(20)6-22-15/h5-9,14H,1-4H3,(H,22,23)(H,27,28)(H,24,25,26)/t9?,14-/m1/s1. The first-order valence-corrected chi connectivity index (χ1v) is 8.73. The molecule has 148 valence electrons. The first kappa shape index (κ1) is 19.7. The zero-order valence-electron chi connectivity index (χ0n) is 15.9. The van der Waals surface area contributed by atoms with Crippen LogP contribution in [0.25, 0.3) is 22.4 Å². The van der Waals surface area contributed by atoms with Crippen molar-refractivity contribution in [2.24, 2.45) is 11.3 Å². The van der Waals surface area contributed by atoms with Crippen molar-refractivity contribution in [3.63, 3.8) is 0 Å². The van der Waals surface area contributed by atoms with Crippen LogP contribution in [-0.2, 0) is 4.79 Å². The number of H-pyrrole nitrogens is 1. The van der Waals surface area contributed by atoms with Crippen molar-refractivity contribution in [3.05, 3.63) is 36.3 Å². The molecule has 0 aromatic carbocycles. The van der Waals surface area contributed by atoms with Crippen molar-refractivity contribution in [1.29, 1.82) is 0 Å². The van der Waals surface area contributed by atoms with Crippen LogP contribution in [0.3, 0.4) is 0 Å². The molecule has 0 saturated carbocycles. The Bertz CT molecular complexity index is 1030. The van der Waals surface area contributed by atoms with E-state index in [1.54, 1.807) is 13.1 Å². The Labute approximate surface area is 160 Å². The largest absolute Gasteiger partial charge is 0.481 e. The van der Waals surface area contributed by atoms with Crippen LogP contribution in [-0.4, -0.2) is 37.1 Å². The number of carbonyl (C=O) groups is 1. The quantitative estimate of drug-likeness (QED) is 0.612. The van der Waals surface area contributed by atoms with E-state index in [9.17, 15) is 18.7 Å². The monoisotopic (exact) mass is 389 g/mol. The fourth-order valence-electron chi connectivity index (χ4n) is 3.14. The highest BCUT2D eigenvalue weighted by Gasteiger charge is 2.34. The lowest BCUT2D eigenvalue weighted by Crippen LogP contribution is -2.43. The molecule has 2 atom stereocenters.